The van der Waals surface area contributed by atoms with Crippen LogP contribution in [0.25, 0.3) is 0 Å². The van der Waals surface area contributed by atoms with E-state index in [-0.39, 0.29) is 0 Å². The molecule has 0 bridgehead atoms. The van der Waals surface area contributed by atoms with Gasteiger partial charge in [-0.3, -0.25) is 0 Å². The van der Waals surface area contributed by atoms with Crippen molar-refractivity contribution in [3.63, 3.8) is 0 Å². The van der Waals surface area contributed by atoms with Crippen LogP contribution < -0.4 is 19.5 Å². The summed E-state index contributed by atoms with van der Waals surface area (Å²) in [5.41, 5.74) is 0.866. The van der Waals surface area contributed by atoms with Crippen LogP contribution in [0.3, 0.4) is 0 Å². The first-order chi connectivity index (χ1) is 9.35. The summed E-state index contributed by atoms with van der Waals surface area (Å²) in [7, 11) is 1.57. The fourth-order valence-electron chi connectivity index (χ4n) is 1.79. The molecule has 0 aliphatic carbocycles. The van der Waals surface area contributed by atoms with Gasteiger partial charge in [-0.1, -0.05) is 0 Å². The van der Waals surface area contributed by atoms with Crippen LogP contribution in [0, 0.1) is 0 Å². The molecule has 1 aromatic carbocycles. The number of benzene rings is 1. The van der Waals surface area contributed by atoms with Crippen LogP contribution in [0.4, 0.5) is 11.5 Å². The van der Waals surface area contributed by atoms with Crippen molar-refractivity contribution in [3.8, 4) is 17.4 Å². The summed E-state index contributed by atoms with van der Waals surface area (Å²) in [6.07, 6.45) is 1.44. The highest BCUT2D eigenvalue weighted by atomic mass is 16.6. The standard InChI is InChI=1S/C13H13N3O3/c1-17-13-7-12(14-8-15-13)16-9-2-3-10-11(6-9)19-5-4-18-10/h2-3,6-8H,4-5H2,1H3,(H,14,15,16). The monoisotopic (exact) mass is 259 g/mol. The summed E-state index contributed by atoms with van der Waals surface area (Å²) in [6.45, 7) is 1.15. The lowest BCUT2D eigenvalue weighted by Crippen LogP contribution is -2.15. The van der Waals surface area contributed by atoms with Gasteiger partial charge in [0, 0.05) is 17.8 Å². The minimum atomic E-state index is 0.509. The molecule has 6 heteroatoms. The van der Waals surface area contributed by atoms with Crippen molar-refractivity contribution in [1.29, 1.82) is 0 Å². The van der Waals surface area contributed by atoms with Crippen molar-refractivity contribution >= 4 is 11.5 Å². The summed E-state index contributed by atoms with van der Waals surface area (Å²) in [6, 6.07) is 7.37. The molecule has 1 N–H and O–H groups in total. The molecule has 0 atom stereocenters. The Balaban J connectivity index is 1.82. The minimum absolute atomic E-state index is 0.509. The first-order valence-electron chi connectivity index (χ1n) is 5.88. The maximum Gasteiger partial charge on any atom is 0.218 e. The van der Waals surface area contributed by atoms with E-state index in [0.717, 1.165) is 17.2 Å². The molecular weight excluding hydrogens is 246 g/mol. The molecule has 0 fully saturated rings. The van der Waals surface area contributed by atoms with E-state index in [1.807, 2.05) is 18.2 Å². The van der Waals surface area contributed by atoms with Crippen LogP contribution in [0.1, 0.15) is 0 Å². The quantitative estimate of drug-likeness (QED) is 0.909. The van der Waals surface area contributed by atoms with E-state index in [1.165, 1.54) is 6.33 Å². The number of methoxy groups -OCH3 is 1. The number of nitrogens with zero attached hydrogens (tertiary/aromatic N) is 2. The number of ether oxygens (including phenoxy) is 3. The zero-order valence-electron chi connectivity index (χ0n) is 10.4. The van der Waals surface area contributed by atoms with Crippen LogP contribution >= 0.6 is 0 Å². The highest BCUT2D eigenvalue weighted by Gasteiger charge is 2.11. The maximum atomic E-state index is 5.52. The van der Waals surface area contributed by atoms with Crippen molar-refractivity contribution < 1.29 is 14.2 Å². The number of hydrogen-bond donors (Lipinski definition) is 1. The van der Waals surface area contributed by atoms with Gasteiger partial charge < -0.3 is 19.5 Å². The van der Waals surface area contributed by atoms with E-state index in [1.54, 1.807) is 13.2 Å². The van der Waals surface area contributed by atoms with Gasteiger partial charge in [0.05, 0.1) is 7.11 Å². The normalized spacial score (nSPS) is 12.9. The van der Waals surface area contributed by atoms with Gasteiger partial charge in [-0.25, -0.2) is 9.97 Å². The molecule has 2 aromatic rings. The Kier molecular flexibility index (Phi) is 3.06. The first-order valence-corrected chi connectivity index (χ1v) is 5.88. The smallest absolute Gasteiger partial charge is 0.218 e. The van der Waals surface area contributed by atoms with Gasteiger partial charge >= 0.3 is 0 Å². The predicted molar refractivity (Wildman–Crippen MR) is 69.3 cm³/mol. The van der Waals surface area contributed by atoms with Crippen LogP contribution in [0.15, 0.2) is 30.6 Å². The number of rotatable bonds is 3. The van der Waals surface area contributed by atoms with Gasteiger partial charge in [0.1, 0.15) is 25.4 Å². The largest absolute Gasteiger partial charge is 0.486 e. The number of nitrogens with one attached hydrogen (secondary N) is 1. The third-order valence-corrected chi connectivity index (χ3v) is 2.67. The number of anilines is 2. The van der Waals surface area contributed by atoms with Gasteiger partial charge in [0.2, 0.25) is 5.88 Å². The Hall–Kier alpha value is -2.50. The van der Waals surface area contributed by atoms with Gasteiger partial charge in [0.15, 0.2) is 11.5 Å². The molecule has 0 spiro atoms. The van der Waals surface area contributed by atoms with Crippen LogP contribution in [0.2, 0.25) is 0 Å². The van der Waals surface area contributed by atoms with Gasteiger partial charge in [-0.15, -0.1) is 0 Å². The van der Waals surface area contributed by atoms with Crippen molar-refractivity contribution in [2.45, 2.75) is 0 Å². The zero-order chi connectivity index (χ0) is 13.1. The topological polar surface area (TPSA) is 65.5 Å². The molecular formula is C13H13N3O3. The Morgan fingerprint density at radius 2 is 1.95 bits per heavy atom. The summed E-state index contributed by atoms with van der Waals surface area (Å²) in [5, 5.41) is 3.16. The minimum Gasteiger partial charge on any atom is -0.486 e. The molecule has 6 nitrogen and oxygen atoms in total. The SMILES string of the molecule is COc1cc(Nc2ccc3c(c2)OCCO3)ncn1. The molecule has 1 aliphatic heterocycles. The lowest BCUT2D eigenvalue weighted by Gasteiger charge is -2.19. The van der Waals surface area contributed by atoms with Crippen molar-refractivity contribution in [2.75, 3.05) is 25.6 Å². The average molecular weight is 259 g/mol. The maximum absolute atomic E-state index is 5.52. The highest BCUT2D eigenvalue weighted by Crippen LogP contribution is 2.33. The highest BCUT2D eigenvalue weighted by molar-refractivity contribution is 5.61. The Labute approximate surface area is 110 Å². The second-order valence-corrected chi connectivity index (χ2v) is 3.93. The Morgan fingerprint density at radius 1 is 1.11 bits per heavy atom. The molecule has 3 rings (SSSR count). The third kappa shape index (κ3) is 2.52. The Bertz CT molecular complexity index is 589. The van der Waals surface area contributed by atoms with Crippen LogP contribution in [0.5, 0.6) is 17.4 Å². The van der Waals surface area contributed by atoms with E-state index < -0.39 is 0 Å². The summed E-state index contributed by atoms with van der Waals surface area (Å²) >= 11 is 0. The average Bonchev–Trinajstić information content (AvgIpc) is 2.47. The second-order valence-electron chi connectivity index (χ2n) is 3.93. The molecule has 0 radical (unpaired) electrons. The van der Waals surface area contributed by atoms with Crippen molar-refractivity contribution in [2.24, 2.45) is 0 Å². The van der Waals surface area contributed by atoms with Crippen molar-refractivity contribution in [1.82, 2.24) is 9.97 Å². The molecule has 0 saturated carbocycles. The van der Waals surface area contributed by atoms with Crippen LogP contribution in [-0.2, 0) is 0 Å². The van der Waals surface area contributed by atoms with Crippen LogP contribution in [-0.4, -0.2) is 30.3 Å². The van der Waals surface area contributed by atoms with E-state index in [0.29, 0.717) is 24.9 Å². The van der Waals surface area contributed by atoms with E-state index >= 15 is 0 Å². The van der Waals surface area contributed by atoms with Gasteiger partial charge in [0.25, 0.3) is 0 Å². The van der Waals surface area contributed by atoms with E-state index in [9.17, 15) is 0 Å². The molecule has 0 amide bonds. The first kappa shape index (κ1) is 11.6. The number of hydrogen-bond acceptors (Lipinski definition) is 6. The van der Waals surface area contributed by atoms with Gasteiger partial charge in [-0.2, -0.15) is 0 Å². The molecule has 1 aliphatic rings. The third-order valence-electron chi connectivity index (χ3n) is 2.67. The molecule has 0 saturated heterocycles. The van der Waals surface area contributed by atoms with E-state index in [4.69, 9.17) is 14.2 Å². The Morgan fingerprint density at radius 3 is 2.79 bits per heavy atom. The molecule has 2 heterocycles. The van der Waals surface area contributed by atoms with Gasteiger partial charge in [-0.05, 0) is 12.1 Å². The fourth-order valence-corrected chi connectivity index (χ4v) is 1.79. The van der Waals surface area contributed by atoms with E-state index in [2.05, 4.69) is 15.3 Å². The zero-order valence-corrected chi connectivity index (χ0v) is 10.4. The lowest BCUT2D eigenvalue weighted by molar-refractivity contribution is 0.171. The van der Waals surface area contributed by atoms with Crippen molar-refractivity contribution in [3.05, 3.63) is 30.6 Å². The molecule has 0 unspecified atom stereocenters. The lowest BCUT2D eigenvalue weighted by atomic mass is 10.2. The second kappa shape index (κ2) is 5.01. The molecule has 98 valence electrons. The predicted octanol–water partition coefficient (Wildman–Crippen LogP) is 2.00. The summed E-state index contributed by atoms with van der Waals surface area (Å²) in [5.74, 6) is 2.66. The number of fused-ring (bicyclic) bond motifs is 1. The summed E-state index contributed by atoms with van der Waals surface area (Å²) < 4.78 is 16.0. The number of aromatic nitrogens is 2. The fraction of sp³-hybridized carbons (Fsp3) is 0.231. The summed E-state index contributed by atoms with van der Waals surface area (Å²) in [4.78, 5) is 8.07. The molecule has 19 heavy (non-hydrogen) atoms. The molecule has 1 aromatic heterocycles.